The maximum absolute atomic E-state index is 9.16. The molecule has 1 atom stereocenters. The SMILES string of the molecule is C=CC[C@](N)(CO)COCc1ccccc1. The van der Waals surface area contributed by atoms with Gasteiger partial charge in [-0.2, -0.15) is 0 Å². The molecule has 0 aliphatic heterocycles. The van der Waals surface area contributed by atoms with Crippen molar-refractivity contribution in [1.29, 1.82) is 0 Å². The molecule has 88 valence electrons. The van der Waals surface area contributed by atoms with Crippen LogP contribution in [0.3, 0.4) is 0 Å². The molecule has 0 heterocycles. The van der Waals surface area contributed by atoms with Crippen LogP contribution >= 0.6 is 0 Å². The molecule has 0 radical (unpaired) electrons. The van der Waals surface area contributed by atoms with Crippen LogP contribution < -0.4 is 5.73 Å². The Morgan fingerprint density at radius 1 is 1.38 bits per heavy atom. The van der Waals surface area contributed by atoms with Gasteiger partial charge in [0.2, 0.25) is 0 Å². The Balaban J connectivity index is 2.36. The fraction of sp³-hybridized carbons (Fsp3) is 0.385. The van der Waals surface area contributed by atoms with Crippen LogP contribution in [0.2, 0.25) is 0 Å². The van der Waals surface area contributed by atoms with Crippen molar-refractivity contribution in [2.75, 3.05) is 13.2 Å². The predicted octanol–water partition coefficient (Wildman–Crippen LogP) is 1.47. The lowest BCUT2D eigenvalue weighted by atomic mass is 9.99. The number of hydrogen-bond donors (Lipinski definition) is 2. The van der Waals surface area contributed by atoms with Gasteiger partial charge in [0.1, 0.15) is 0 Å². The number of aliphatic hydroxyl groups is 1. The molecular formula is C13H19NO2. The molecule has 3 N–H and O–H groups in total. The van der Waals surface area contributed by atoms with E-state index in [0.29, 0.717) is 19.6 Å². The second kappa shape index (κ2) is 6.43. The van der Waals surface area contributed by atoms with E-state index in [-0.39, 0.29) is 6.61 Å². The summed E-state index contributed by atoms with van der Waals surface area (Å²) in [6, 6.07) is 9.87. The molecular weight excluding hydrogens is 202 g/mol. The van der Waals surface area contributed by atoms with E-state index >= 15 is 0 Å². The number of aliphatic hydroxyl groups excluding tert-OH is 1. The van der Waals surface area contributed by atoms with E-state index in [4.69, 9.17) is 15.6 Å². The first-order valence-electron chi connectivity index (χ1n) is 5.32. The number of nitrogens with two attached hydrogens (primary N) is 1. The van der Waals surface area contributed by atoms with Gasteiger partial charge in [0, 0.05) is 0 Å². The highest BCUT2D eigenvalue weighted by molar-refractivity contribution is 5.13. The standard InChI is InChI=1S/C13H19NO2/c1-2-8-13(14,10-15)11-16-9-12-6-4-3-5-7-12/h2-7,15H,1,8-11,14H2/t13-/m0/s1. The van der Waals surface area contributed by atoms with Crippen LogP contribution in [0.4, 0.5) is 0 Å². The second-order valence-electron chi connectivity index (χ2n) is 3.99. The van der Waals surface area contributed by atoms with Crippen LogP contribution in [0.15, 0.2) is 43.0 Å². The van der Waals surface area contributed by atoms with Crippen LogP contribution in [0.1, 0.15) is 12.0 Å². The van der Waals surface area contributed by atoms with E-state index in [0.717, 1.165) is 5.56 Å². The summed E-state index contributed by atoms with van der Waals surface area (Å²) < 4.78 is 5.50. The van der Waals surface area contributed by atoms with Gasteiger partial charge in [-0.05, 0) is 12.0 Å². The van der Waals surface area contributed by atoms with Crippen LogP contribution in [0.5, 0.6) is 0 Å². The van der Waals surface area contributed by atoms with Crippen LogP contribution in [-0.2, 0) is 11.3 Å². The Morgan fingerprint density at radius 2 is 2.06 bits per heavy atom. The molecule has 0 saturated carbocycles. The van der Waals surface area contributed by atoms with Crippen molar-refractivity contribution in [3.63, 3.8) is 0 Å². The summed E-state index contributed by atoms with van der Waals surface area (Å²) in [6.45, 7) is 4.34. The molecule has 1 rings (SSSR count). The maximum Gasteiger partial charge on any atom is 0.0717 e. The average molecular weight is 221 g/mol. The third kappa shape index (κ3) is 4.14. The summed E-state index contributed by atoms with van der Waals surface area (Å²) in [5.74, 6) is 0. The topological polar surface area (TPSA) is 55.5 Å². The van der Waals surface area contributed by atoms with Gasteiger partial charge in [-0.1, -0.05) is 36.4 Å². The lowest BCUT2D eigenvalue weighted by Crippen LogP contribution is -2.47. The van der Waals surface area contributed by atoms with Gasteiger partial charge in [-0.25, -0.2) is 0 Å². The Morgan fingerprint density at radius 3 is 2.62 bits per heavy atom. The Hall–Kier alpha value is -1.16. The van der Waals surface area contributed by atoms with Gasteiger partial charge in [0.05, 0.1) is 25.4 Å². The predicted molar refractivity (Wildman–Crippen MR) is 64.9 cm³/mol. The highest BCUT2D eigenvalue weighted by atomic mass is 16.5. The van der Waals surface area contributed by atoms with E-state index in [1.54, 1.807) is 6.08 Å². The van der Waals surface area contributed by atoms with E-state index < -0.39 is 5.54 Å². The molecule has 0 aliphatic carbocycles. The van der Waals surface area contributed by atoms with Gasteiger partial charge in [-0.15, -0.1) is 6.58 Å². The molecule has 1 aromatic rings. The molecule has 1 aromatic carbocycles. The van der Waals surface area contributed by atoms with Gasteiger partial charge in [-0.3, -0.25) is 0 Å². The van der Waals surface area contributed by atoms with Crippen LogP contribution in [0.25, 0.3) is 0 Å². The van der Waals surface area contributed by atoms with E-state index in [1.165, 1.54) is 0 Å². The fourth-order valence-electron chi connectivity index (χ4n) is 1.40. The van der Waals surface area contributed by atoms with Crippen molar-refractivity contribution in [2.24, 2.45) is 5.73 Å². The molecule has 0 spiro atoms. The molecule has 0 aliphatic rings. The molecule has 0 fully saturated rings. The summed E-state index contributed by atoms with van der Waals surface area (Å²) in [5.41, 5.74) is 6.31. The van der Waals surface area contributed by atoms with E-state index in [9.17, 15) is 0 Å². The normalized spacial score (nSPS) is 14.4. The minimum atomic E-state index is -0.712. The van der Waals surface area contributed by atoms with Gasteiger partial charge >= 0.3 is 0 Å². The summed E-state index contributed by atoms with van der Waals surface area (Å²) in [7, 11) is 0. The van der Waals surface area contributed by atoms with Crippen LogP contribution in [0, 0.1) is 0 Å². The monoisotopic (exact) mass is 221 g/mol. The lowest BCUT2D eigenvalue weighted by molar-refractivity contribution is 0.0469. The van der Waals surface area contributed by atoms with Crippen LogP contribution in [-0.4, -0.2) is 23.9 Å². The summed E-state index contributed by atoms with van der Waals surface area (Å²) in [4.78, 5) is 0. The summed E-state index contributed by atoms with van der Waals surface area (Å²) >= 11 is 0. The van der Waals surface area contributed by atoms with E-state index in [2.05, 4.69) is 6.58 Å². The van der Waals surface area contributed by atoms with Crippen molar-refractivity contribution in [3.8, 4) is 0 Å². The van der Waals surface area contributed by atoms with Crippen molar-refractivity contribution in [1.82, 2.24) is 0 Å². The Bertz CT molecular complexity index is 313. The number of rotatable bonds is 7. The molecule has 3 nitrogen and oxygen atoms in total. The van der Waals surface area contributed by atoms with Crippen molar-refractivity contribution in [2.45, 2.75) is 18.6 Å². The molecule has 0 aromatic heterocycles. The molecule has 0 saturated heterocycles. The Labute approximate surface area is 96.5 Å². The quantitative estimate of drug-likeness (QED) is 0.685. The molecule has 0 unspecified atom stereocenters. The highest BCUT2D eigenvalue weighted by Crippen LogP contribution is 2.09. The van der Waals surface area contributed by atoms with Gasteiger partial charge in [0.15, 0.2) is 0 Å². The molecule has 0 bridgehead atoms. The number of ether oxygens (including phenoxy) is 1. The first kappa shape index (κ1) is 12.9. The Kier molecular flexibility index (Phi) is 5.19. The van der Waals surface area contributed by atoms with Crippen molar-refractivity contribution >= 4 is 0 Å². The smallest absolute Gasteiger partial charge is 0.0717 e. The molecule has 3 heteroatoms. The third-order valence-electron chi connectivity index (χ3n) is 2.37. The zero-order chi connectivity index (χ0) is 11.9. The largest absolute Gasteiger partial charge is 0.394 e. The van der Waals surface area contributed by atoms with Crippen molar-refractivity contribution < 1.29 is 9.84 Å². The summed E-state index contributed by atoms with van der Waals surface area (Å²) in [5, 5.41) is 9.16. The number of benzene rings is 1. The average Bonchev–Trinajstić information content (AvgIpc) is 2.31. The lowest BCUT2D eigenvalue weighted by Gasteiger charge is -2.25. The van der Waals surface area contributed by atoms with Crippen molar-refractivity contribution in [3.05, 3.63) is 48.6 Å². The molecule has 0 amide bonds. The minimum absolute atomic E-state index is 0.103. The minimum Gasteiger partial charge on any atom is -0.394 e. The third-order valence-corrected chi connectivity index (χ3v) is 2.37. The molecule has 16 heavy (non-hydrogen) atoms. The summed E-state index contributed by atoms with van der Waals surface area (Å²) in [6.07, 6.45) is 2.24. The van der Waals surface area contributed by atoms with Gasteiger partial charge in [0.25, 0.3) is 0 Å². The zero-order valence-electron chi connectivity index (χ0n) is 9.43. The first-order chi connectivity index (χ1) is 7.70. The van der Waals surface area contributed by atoms with E-state index in [1.807, 2.05) is 30.3 Å². The second-order valence-corrected chi connectivity index (χ2v) is 3.99. The fourth-order valence-corrected chi connectivity index (χ4v) is 1.40. The number of hydrogen-bond acceptors (Lipinski definition) is 3. The zero-order valence-corrected chi connectivity index (χ0v) is 9.43. The van der Waals surface area contributed by atoms with Gasteiger partial charge < -0.3 is 15.6 Å². The highest BCUT2D eigenvalue weighted by Gasteiger charge is 2.22. The first-order valence-corrected chi connectivity index (χ1v) is 5.32. The maximum atomic E-state index is 9.16.